The fourth-order valence-electron chi connectivity index (χ4n) is 2.68. The van der Waals surface area contributed by atoms with E-state index in [0.717, 1.165) is 42.3 Å². The Bertz CT molecular complexity index is 649. The van der Waals surface area contributed by atoms with E-state index in [4.69, 9.17) is 0 Å². The molecule has 6 heteroatoms. The van der Waals surface area contributed by atoms with Crippen LogP contribution < -0.4 is 0 Å². The number of amides is 1. The van der Waals surface area contributed by atoms with Crippen LogP contribution in [0.2, 0.25) is 0 Å². The van der Waals surface area contributed by atoms with Crippen LogP contribution in [-0.4, -0.2) is 44.4 Å². The Hall–Kier alpha value is -1.82. The number of piperidine rings is 1. The van der Waals surface area contributed by atoms with Crippen molar-refractivity contribution in [2.45, 2.75) is 31.3 Å². The molecule has 0 atom stereocenters. The highest BCUT2D eigenvalue weighted by molar-refractivity contribution is 7.99. The maximum absolute atomic E-state index is 12.3. The molecule has 2 aromatic rings. The maximum Gasteiger partial charge on any atom is 0.233 e. The third-order valence-electron chi connectivity index (χ3n) is 3.92. The van der Waals surface area contributed by atoms with Gasteiger partial charge in [-0.25, -0.2) is 0 Å². The van der Waals surface area contributed by atoms with Gasteiger partial charge in [0.05, 0.1) is 11.4 Å². The van der Waals surface area contributed by atoms with Crippen molar-refractivity contribution in [3.8, 4) is 5.69 Å². The Labute approximate surface area is 134 Å². The molecule has 0 bridgehead atoms. The molecule has 0 spiro atoms. The molecule has 1 amide bonds. The molecular weight excluding hydrogens is 296 g/mol. The van der Waals surface area contributed by atoms with Crippen LogP contribution in [0.5, 0.6) is 0 Å². The Morgan fingerprint density at radius 2 is 2.00 bits per heavy atom. The molecule has 22 heavy (non-hydrogen) atoms. The lowest BCUT2D eigenvalue weighted by molar-refractivity contribution is -0.129. The number of carbonyl (C=O) groups excluding carboxylic acids is 1. The third kappa shape index (κ3) is 3.32. The summed E-state index contributed by atoms with van der Waals surface area (Å²) in [6.45, 7) is 3.84. The van der Waals surface area contributed by atoms with Gasteiger partial charge in [0.2, 0.25) is 5.91 Å². The molecule has 2 heterocycles. The average molecular weight is 316 g/mol. The third-order valence-corrected chi connectivity index (χ3v) is 4.85. The van der Waals surface area contributed by atoms with Crippen molar-refractivity contribution < 1.29 is 4.79 Å². The van der Waals surface area contributed by atoms with E-state index in [1.54, 1.807) is 6.33 Å². The Balaban J connectivity index is 1.68. The Kier molecular flexibility index (Phi) is 4.77. The molecule has 1 fully saturated rings. The van der Waals surface area contributed by atoms with E-state index in [2.05, 4.69) is 23.2 Å². The van der Waals surface area contributed by atoms with Crippen LogP contribution >= 0.6 is 11.8 Å². The van der Waals surface area contributed by atoms with E-state index in [0.29, 0.717) is 5.75 Å². The van der Waals surface area contributed by atoms with Crippen molar-refractivity contribution in [3.63, 3.8) is 0 Å². The number of thioether (sulfide) groups is 1. The molecule has 0 aliphatic carbocycles. The smallest absolute Gasteiger partial charge is 0.233 e. The summed E-state index contributed by atoms with van der Waals surface area (Å²) in [4.78, 5) is 14.2. The maximum atomic E-state index is 12.3. The first kappa shape index (κ1) is 15.1. The second-order valence-electron chi connectivity index (χ2n) is 5.50. The number of benzene rings is 1. The second kappa shape index (κ2) is 6.96. The van der Waals surface area contributed by atoms with Crippen molar-refractivity contribution in [1.82, 2.24) is 19.7 Å². The van der Waals surface area contributed by atoms with Gasteiger partial charge in [-0.15, -0.1) is 10.2 Å². The summed E-state index contributed by atoms with van der Waals surface area (Å²) in [5, 5.41) is 8.92. The number of hydrogen-bond acceptors (Lipinski definition) is 4. The van der Waals surface area contributed by atoms with E-state index in [9.17, 15) is 4.79 Å². The van der Waals surface area contributed by atoms with Gasteiger partial charge >= 0.3 is 0 Å². The SMILES string of the molecule is Cc1ccccc1-n1cnnc1SCC(=O)N1CCCCC1. The zero-order valence-corrected chi connectivity index (χ0v) is 13.6. The predicted octanol–water partition coefficient (Wildman–Crippen LogP) is 2.68. The van der Waals surface area contributed by atoms with Gasteiger partial charge in [-0.3, -0.25) is 9.36 Å². The Morgan fingerprint density at radius 1 is 1.23 bits per heavy atom. The first-order valence-corrected chi connectivity index (χ1v) is 8.61. The molecule has 0 unspecified atom stereocenters. The molecule has 0 N–H and O–H groups in total. The van der Waals surface area contributed by atoms with Crippen LogP contribution in [0.1, 0.15) is 24.8 Å². The quantitative estimate of drug-likeness (QED) is 0.814. The lowest BCUT2D eigenvalue weighted by Gasteiger charge is -2.26. The number of aryl methyl sites for hydroxylation is 1. The summed E-state index contributed by atoms with van der Waals surface area (Å²) in [7, 11) is 0. The minimum Gasteiger partial charge on any atom is -0.342 e. The van der Waals surface area contributed by atoms with Crippen LogP contribution in [-0.2, 0) is 4.79 Å². The highest BCUT2D eigenvalue weighted by Crippen LogP contribution is 2.22. The summed E-state index contributed by atoms with van der Waals surface area (Å²) in [5.41, 5.74) is 2.21. The molecule has 1 aliphatic rings. The molecule has 1 aliphatic heterocycles. The minimum atomic E-state index is 0.198. The summed E-state index contributed by atoms with van der Waals surface area (Å²) >= 11 is 1.46. The summed E-state index contributed by atoms with van der Waals surface area (Å²) in [5.74, 6) is 0.619. The first-order chi connectivity index (χ1) is 10.8. The van der Waals surface area contributed by atoms with Crippen LogP contribution in [0.3, 0.4) is 0 Å². The fourth-order valence-corrected chi connectivity index (χ4v) is 3.51. The van der Waals surface area contributed by atoms with Crippen LogP contribution in [0.25, 0.3) is 5.69 Å². The molecule has 116 valence electrons. The van der Waals surface area contributed by atoms with E-state index in [1.807, 2.05) is 27.7 Å². The van der Waals surface area contributed by atoms with Crippen LogP contribution in [0.15, 0.2) is 35.7 Å². The van der Waals surface area contributed by atoms with Gasteiger partial charge in [-0.05, 0) is 37.8 Å². The molecule has 1 aromatic carbocycles. The van der Waals surface area contributed by atoms with E-state index in [1.165, 1.54) is 18.2 Å². The number of aromatic nitrogens is 3. The highest BCUT2D eigenvalue weighted by Gasteiger charge is 2.18. The number of nitrogens with zero attached hydrogens (tertiary/aromatic N) is 4. The zero-order valence-electron chi connectivity index (χ0n) is 12.7. The largest absolute Gasteiger partial charge is 0.342 e. The predicted molar refractivity (Wildman–Crippen MR) is 87.3 cm³/mol. The van der Waals surface area contributed by atoms with Crippen molar-refractivity contribution in [2.75, 3.05) is 18.8 Å². The summed E-state index contributed by atoms with van der Waals surface area (Å²) in [6, 6.07) is 8.10. The molecule has 1 aromatic heterocycles. The standard InChI is InChI=1S/C16H20N4OS/c1-13-7-3-4-8-14(13)20-12-17-18-16(20)22-11-15(21)19-9-5-2-6-10-19/h3-4,7-8,12H,2,5-6,9-11H2,1H3. The number of likely N-dealkylation sites (tertiary alicyclic amines) is 1. The van der Waals surface area contributed by atoms with Gasteiger partial charge in [-0.1, -0.05) is 30.0 Å². The van der Waals surface area contributed by atoms with Crippen molar-refractivity contribution in [3.05, 3.63) is 36.2 Å². The molecule has 3 rings (SSSR count). The van der Waals surface area contributed by atoms with E-state index >= 15 is 0 Å². The van der Waals surface area contributed by atoms with Gasteiger partial charge in [0.1, 0.15) is 6.33 Å². The lowest BCUT2D eigenvalue weighted by atomic mass is 10.1. The second-order valence-corrected chi connectivity index (χ2v) is 6.44. The number of para-hydroxylation sites is 1. The van der Waals surface area contributed by atoms with Crippen molar-refractivity contribution in [2.24, 2.45) is 0 Å². The van der Waals surface area contributed by atoms with Gasteiger partial charge in [-0.2, -0.15) is 0 Å². The van der Waals surface area contributed by atoms with Gasteiger partial charge in [0, 0.05) is 13.1 Å². The first-order valence-electron chi connectivity index (χ1n) is 7.62. The number of rotatable bonds is 4. The summed E-state index contributed by atoms with van der Waals surface area (Å²) in [6.07, 6.45) is 5.18. The zero-order chi connectivity index (χ0) is 15.4. The van der Waals surface area contributed by atoms with Crippen LogP contribution in [0, 0.1) is 6.92 Å². The average Bonchev–Trinajstić information content (AvgIpc) is 3.02. The van der Waals surface area contributed by atoms with E-state index < -0.39 is 0 Å². The molecule has 1 saturated heterocycles. The fraction of sp³-hybridized carbons (Fsp3) is 0.438. The number of carbonyl (C=O) groups is 1. The Morgan fingerprint density at radius 3 is 2.77 bits per heavy atom. The normalized spacial score (nSPS) is 15.0. The van der Waals surface area contributed by atoms with E-state index in [-0.39, 0.29) is 5.91 Å². The molecular formula is C16H20N4OS. The lowest BCUT2D eigenvalue weighted by Crippen LogP contribution is -2.36. The molecule has 5 nitrogen and oxygen atoms in total. The van der Waals surface area contributed by atoms with Crippen molar-refractivity contribution in [1.29, 1.82) is 0 Å². The summed E-state index contributed by atoms with van der Waals surface area (Å²) < 4.78 is 1.95. The molecule has 0 radical (unpaired) electrons. The molecule has 0 saturated carbocycles. The van der Waals surface area contributed by atoms with Gasteiger partial charge < -0.3 is 4.90 Å². The van der Waals surface area contributed by atoms with Gasteiger partial charge in [0.25, 0.3) is 0 Å². The van der Waals surface area contributed by atoms with Gasteiger partial charge in [0.15, 0.2) is 5.16 Å². The van der Waals surface area contributed by atoms with Crippen LogP contribution in [0.4, 0.5) is 0 Å². The minimum absolute atomic E-state index is 0.198. The number of hydrogen-bond donors (Lipinski definition) is 0. The van der Waals surface area contributed by atoms with Crippen molar-refractivity contribution >= 4 is 17.7 Å². The highest BCUT2D eigenvalue weighted by atomic mass is 32.2. The monoisotopic (exact) mass is 316 g/mol. The topological polar surface area (TPSA) is 51.0 Å².